The Labute approximate surface area is 169 Å². The molecule has 2 aromatic rings. The zero-order chi connectivity index (χ0) is 20.7. The first kappa shape index (κ1) is 21.5. The minimum Gasteiger partial charge on any atom is -0.504 e. The third-order valence-electron chi connectivity index (χ3n) is 4.15. The van der Waals surface area contributed by atoms with E-state index in [4.69, 9.17) is 30.5 Å². The molecule has 0 aromatic heterocycles. The molecule has 0 aliphatic rings. The molecule has 0 atom stereocenters. The van der Waals surface area contributed by atoms with Gasteiger partial charge in [0.2, 0.25) is 11.7 Å². The Morgan fingerprint density at radius 2 is 1.57 bits per heavy atom. The molecule has 7 nitrogen and oxygen atoms in total. The molecule has 0 aliphatic heterocycles. The third-order valence-corrected chi connectivity index (χ3v) is 4.34. The first-order chi connectivity index (χ1) is 13.5. The number of hydrogen-bond donors (Lipinski definition) is 1. The number of methoxy groups -OCH3 is 4. The van der Waals surface area contributed by atoms with Crippen LogP contribution in [0, 0.1) is 0 Å². The van der Waals surface area contributed by atoms with Gasteiger partial charge in [0, 0.05) is 24.4 Å². The van der Waals surface area contributed by atoms with E-state index in [0.717, 1.165) is 5.56 Å². The van der Waals surface area contributed by atoms with Gasteiger partial charge in [-0.05, 0) is 17.7 Å². The summed E-state index contributed by atoms with van der Waals surface area (Å²) >= 11 is 5.79. The number of carbonyl (C=O) groups excluding carboxylic acids is 1. The molecule has 0 heterocycles. The molecule has 8 heteroatoms. The molecule has 1 amide bonds. The SMILES string of the molecule is COc1ccc(CN(C(=O)CCCl)c2cc(OC)c(OC)c(OC)c2)cc1O. The van der Waals surface area contributed by atoms with E-state index in [9.17, 15) is 9.90 Å². The number of rotatable bonds is 9. The monoisotopic (exact) mass is 409 g/mol. The fourth-order valence-electron chi connectivity index (χ4n) is 2.78. The van der Waals surface area contributed by atoms with E-state index in [0.29, 0.717) is 28.7 Å². The largest absolute Gasteiger partial charge is 0.504 e. The Hall–Kier alpha value is -2.80. The van der Waals surface area contributed by atoms with Gasteiger partial charge in [-0.25, -0.2) is 0 Å². The molecular formula is C20H24ClNO6. The smallest absolute Gasteiger partial charge is 0.228 e. The Morgan fingerprint density at radius 1 is 0.964 bits per heavy atom. The van der Waals surface area contributed by atoms with Gasteiger partial charge in [0.25, 0.3) is 0 Å². The van der Waals surface area contributed by atoms with Crippen LogP contribution in [-0.2, 0) is 11.3 Å². The molecule has 2 rings (SSSR count). The lowest BCUT2D eigenvalue weighted by molar-refractivity contribution is -0.118. The average Bonchev–Trinajstić information content (AvgIpc) is 2.71. The second kappa shape index (κ2) is 9.94. The number of alkyl halides is 1. The number of benzene rings is 2. The molecule has 1 N–H and O–H groups in total. The van der Waals surface area contributed by atoms with Crippen molar-refractivity contribution in [1.29, 1.82) is 0 Å². The summed E-state index contributed by atoms with van der Waals surface area (Å²) in [5.74, 6) is 1.65. The number of phenols is 1. The maximum absolute atomic E-state index is 12.8. The normalized spacial score (nSPS) is 10.3. The zero-order valence-electron chi connectivity index (χ0n) is 16.3. The molecule has 0 spiro atoms. The highest BCUT2D eigenvalue weighted by atomic mass is 35.5. The van der Waals surface area contributed by atoms with Crippen LogP contribution in [-0.4, -0.2) is 45.3 Å². The van der Waals surface area contributed by atoms with Gasteiger partial charge in [0.05, 0.1) is 40.7 Å². The third kappa shape index (κ3) is 4.72. The van der Waals surface area contributed by atoms with E-state index >= 15 is 0 Å². The molecule has 0 saturated heterocycles. The van der Waals surface area contributed by atoms with Crippen LogP contribution in [0.3, 0.4) is 0 Å². The predicted octanol–water partition coefficient (Wildman–Crippen LogP) is 3.59. The van der Waals surface area contributed by atoms with E-state index < -0.39 is 0 Å². The van der Waals surface area contributed by atoms with Crippen molar-refractivity contribution in [3.05, 3.63) is 35.9 Å². The Balaban J connectivity index is 2.49. The molecule has 0 radical (unpaired) electrons. The summed E-state index contributed by atoms with van der Waals surface area (Å²) in [5.41, 5.74) is 1.27. The van der Waals surface area contributed by atoms with Crippen LogP contribution in [0.1, 0.15) is 12.0 Å². The number of nitrogens with zero attached hydrogens (tertiary/aromatic N) is 1. The molecule has 152 valence electrons. The van der Waals surface area contributed by atoms with Gasteiger partial charge in [-0.3, -0.25) is 4.79 Å². The lowest BCUT2D eigenvalue weighted by Crippen LogP contribution is -2.30. The quantitative estimate of drug-likeness (QED) is 0.638. The van der Waals surface area contributed by atoms with Crippen molar-refractivity contribution < 1.29 is 28.8 Å². The second-order valence-corrected chi connectivity index (χ2v) is 6.19. The summed E-state index contributed by atoms with van der Waals surface area (Å²) in [6, 6.07) is 8.35. The standard InChI is InChI=1S/C20H24ClNO6/c1-25-16-6-5-13(9-15(16)23)12-22(19(24)7-8-21)14-10-17(26-2)20(28-4)18(11-14)27-3/h5-6,9-11,23H,7-8,12H2,1-4H3. The van der Waals surface area contributed by atoms with Crippen LogP contribution >= 0.6 is 11.6 Å². The number of anilines is 1. The first-order valence-corrected chi connectivity index (χ1v) is 9.04. The maximum atomic E-state index is 12.8. The highest BCUT2D eigenvalue weighted by molar-refractivity contribution is 6.19. The summed E-state index contributed by atoms with van der Waals surface area (Å²) in [4.78, 5) is 14.3. The van der Waals surface area contributed by atoms with Gasteiger partial charge in [-0.1, -0.05) is 6.07 Å². The molecule has 2 aromatic carbocycles. The van der Waals surface area contributed by atoms with Crippen LogP contribution in [0.25, 0.3) is 0 Å². The maximum Gasteiger partial charge on any atom is 0.228 e. The number of phenolic OH excluding ortho intramolecular Hbond substituents is 1. The van der Waals surface area contributed by atoms with Gasteiger partial charge in [0.15, 0.2) is 23.0 Å². The lowest BCUT2D eigenvalue weighted by atomic mass is 10.1. The molecule has 0 aliphatic carbocycles. The lowest BCUT2D eigenvalue weighted by Gasteiger charge is -2.25. The number of aromatic hydroxyl groups is 1. The second-order valence-electron chi connectivity index (χ2n) is 5.81. The first-order valence-electron chi connectivity index (χ1n) is 8.51. The van der Waals surface area contributed by atoms with E-state index in [2.05, 4.69) is 0 Å². The van der Waals surface area contributed by atoms with Crippen molar-refractivity contribution in [1.82, 2.24) is 0 Å². The van der Waals surface area contributed by atoms with Crippen LogP contribution in [0.4, 0.5) is 5.69 Å². The topological polar surface area (TPSA) is 77.5 Å². The van der Waals surface area contributed by atoms with E-state index in [1.54, 1.807) is 35.2 Å². The van der Waals surface area contributed by atoms with Crippen molar-refractivity contribution in [2.45, 2.75) is 13.0 Å². The van der Waals surface area contributed by atoms with Crippen LogP contribution in [0.2, 0.25) is 0 Å². The van der Waals surface area contributed by atoms with Crippen molar-refractivity contribution in [2.75, 3.05) is 39.2 Å². The van der Waals surface area contributed by atoms with Gasteiger partial charge in [-0.2, -0.15) is 0 Å². The van der Waals surface area contributed by atoms with Crippen molar-refractivity contribution in [2.24, 2.45) is 0 Å². The van der Waals surface area contributed by atoms with E-state index in [1.165, 1.54) is 28.4 Å². The summed E-state index contributed by atoms with van der Waals surface area (Å²) in [5, 5.41) is 10.0. The molecule has 0 unspecified atom stereocenters. The molecule has 0 bridgehead atoms. The summed E-state index contributed by atoms with van der Waals surface area (Å²) in [6.07, 6.45) is 0.153. The molecule has 0 saturated carbocycles. The highest BCUT2D eigenvalue weighted by Crippen LogP contribution is 2.41. The number of halogens is 1. The van der Waals surface area contributed by atoms with Crippen LogP contribution in [0.5, 0.6) is 28.7 Å². The minimum atomic E-state index is -0.181. The fourth-order valence-corrected chi connectivity index (χ4v) is 2.94. The Bertz CT molecular complexity index is 801. The van der Waals surface area contributed by atoms with Gasteiger partial charge in [-0.15, -0.1) is 11.6 Å². The van der Waals surface area contributed by atoms with Crippen LogP contribution < -0.4 is 23.8 Å². The number of carbonyl (C=O) groups is 1. The summed E-state index contributed by atoms with van der Waals surface area (Å²) < 4.78 is 21.2. The molecular weight excluding hydrogens is 386 g/mol. The number of ether oxygens (including phenoxy) is 4. The molecule has 28 heavy (non-hydrogen) atoms. The van der Waals surface area contributed by atoms with Crippen molar-refractivity contribution in [3.63, 3.8) is 0 Å². The van der Waals surface area contributed by atoms with Crippen molar-refractivity contribution in [3.8, 4) is 28.7 Å². The van der Waals surface area contributed by atoms with Gasteiger partial charge < -0.3 is 29.0 Å². The zero-order valence-corrected chi connectivity index (χ0v) is 17.1. The Morgan fingerprint density at radius 3 is 2.04 bits per heavy atom. The number of amides is 1. The van der Waals surface area contributed by atoms with Gasteiger partial charge in [0.1, 0.15) is 0 Å². The fraction of sp³-hybridized carbons (Fsp3) is 0.350. The number of hydrogen-bond acceptors (Lipinski definition) is 6. The highest BCUT2D eigenvalue weighted by Gasteiger charge is 2.21. The Kier molecular flexibility index (Phi) is 7.63. The van der Waals surface area contributed by atoms with E-state index in [1.807, 2.05) is 0 Å². The minimum absolute atomic E-state index is 0.00497. The van der Waals surface area contributed by atoms with E-state index in [-0.39, 0.29) is 30.5 Å². The van der Waals surface area contributed by atoms with Crippen LogP contribution in [0.15, 0.2) is 30.3 Å². The summed E-state index contributed by atoms with van der Waals surface area (Å²) in [7, 11) is 6.00. The summed E-state index contributed by atoms with van der Waals surface area (Å²) in [6.45, 7) is 0.214. The average molecular weight is 410 g/mol. The molecule has 0 fully saturated rings. The van der Waals surface area contributed by atoms with Crippen molar-refractivity contribution >= 4 is 23.2 Å². The van der Waals surface area contributed by atoms with Gasteiger partial charge >= 0.3 is 0 Å². The predicted molar refractivity (Wildman–Crippen MR) is 107 cm³/mol.